The third-order valence-electron chi connectivity index (χ3n) is 1.79. The van der Waals surface area contributed by atoms with E-state index in [0.717, 1.165) is 0 Å². The first-order valence-corrected chi connectivity index (χ1v) is 6.50. The number of carbonyl (C=O) groups is 1. The Labute approximate surface area is 98.2 Å². The highest BCUT2D eigenvalue weighted by molar-refractivity contribution is 7.89. The van der Waals surface area contributed by atoms with Gasteiger partial charge in [0.2, 0.25) is 21.9 Å². The van der Waals surface area contributed by atoms with Crippen molar-refractivity contribution in [3.63, 3.8) is 0 Å². The molecule has 1 aromatic rings. The molecular weight excluding hydrogens is 248 g/mol. The molecule has 0 saturated heterocycles. The van der Waals surface area contributed by atoms with Crippen molar-refractivity contribution in [2.75, 3.05) is 18.0 Å². The fourth-order valence-corrected chi connectivity index (χ4v) is 1.64. The largest absolute Gasteiger partial charge is 0.367 e. The van der Waals surface area contributed by atoms with E-state index >= 15 is 0 Å². The molecule has 0 aliphatic rings. The van der Waals surface area contributed by atoms with Gasteiger partial charge >= 0.3 is 0 Å². The Morgan fingerprint density at radius 1 is 1.53 bits per heavy atom. The smallest absolute Gasteiger partial charge is 0.241 e. The van der Waals surface area contributed by atoms with Crippen LogP contribution in [0.4, 0.5) is 5.95 Å². The van der Waals surface area contributed by atoms with Crippen LogP contribution >= 0.6 is 0 Å². The number of sulfonamides is 1. The number of nitrogen functional groups attached to an aromatic ring is 1. The molecule has 0 aliphatic heterocycles. The molecule has 5 N–H and O–H groups in total. The summed E-state index contributed by atoms with van der Waals surface area (Å²) in [4.78, 5) is 15.0. The number of nitrogens with zero attached hydrogens (tertiary/aromatic N) is 3. The van der Waals surface area contributed by atoms with Crippen LogP contribution in [0.1, 0.15) is 6.42 Å². The average Bonchev–Trinajstić information content (AvgIpc) is 2.57. The van der Waals surface area contributed by atoms with Crippen molar-refractivity contribution in [3.8, 4) is 0 Å². The van der Waals surface area contributed by atoms with Gasteiger partial charge in [-0.2, -0.15) is 0 Å². The first-order valence-electron chi connectivity index (χ1n) is 4.79. The number of nitrogens with one attached hydrogen (secondary N) is 1. The van der Waals surface area contributed by atoms with Gasteiger partial charge in [0.1, 0.15) is 12.9 Å². The summed E-state index contributed by atoms with van der Waals surface area (Å²) in [5, 5.41) is 11.1. The predicted octanol–water partition coefficient (Wildman–Crippen LogP) is -2.34. The molecule has 0 atom stereocenters. The van der Waals surface area contributed by atoms with Crippen LogP contribution in [0, 0.1) is 0 Å². The van der Waals surface area contributed by atoms with Gasteiger partial charge in [-0.3, -0.25) is 4.79 Å². The van der Waals surface area contributed by atoms with Gasteiger partial charge < -0.3 is 11.1 Å². The highest BCUT2D eigenvalue weighted by Crippen LogP contribution is 1.89. The van der Waals surface area contributed by atoms with Crippen LogP contribution in [-0.4, -0.2) is 41.4 Å². The van der Waals surface area contributed by atoms with E-state index in [9.17, 15) is 13.2 Å². The second-order valence-electron chi connectivity index (χ2n) is 3.37. The maximum atomic E-state index is 11.3. The second kappa shape index (κ2) is 5.59. The molecule has 1 amide bonds. The van der Waals surface area contributed by atoms with E-state index in [1.54, 1.807) is 0 Å². The molecule has 1 rings (SSSR count). The van der Waals surface area contributed by atoms with Gasteiger partial charge in [0.25, 0.3) is 0 Å². The van der Waals surface area contributed by atoms with Crippen LogP contribution in [-0.2, 0) is 21.4 Å². The van der Waals surface area contributed by atoms with Crippen molar-refractivity contribution in [1.82, 2.24) is 20.1 Å². The molecule has 1 aromatic heterocycles. The van der Waals surface area contributed by atoms with E-state index in [-0.39, 0.29) is 37.1 Å². The molecule has 10 heteroatoms. The van der Waals surface area contributed by atoms with E-state index in [0.29, 0.717) is 0 Å². The monoisotopic (exact) mass is 262 g/mol. The Bertz CT molecular complexity index is 482. The Balaban J connectivity index is 2.22. The molecule has 0 aromatic carbocycles. The molecule has 96 valence electrons. The molecule has 0 spiro atoms. The first kappa shape index (κ1) is 13.4. The van der Waals surface area contributed by atoms with Crippen molar-refractivity contribution >= 4 is 21.9 Å². The van der Waals surface area contributed by atoms with Crippen molar-refractivity contribution in [2.45, 2.75) is 13.0 Å². The fourth-order valence-electron chi connectivity index (χ4n) is 1.09. The van der Waals surface area contributed by atoms with Crippen molar-refractivity contribution < 1.29 is 13.2 Å². The summed E-state index contributed by atoms with van der Waals surface area (Å²) in [5.41, 5.74) is 5.27. The quantitative estimate of drug-likeness (QED) is 0.489. The topological polar surface area (TPSA) is 146 Å². The van der Waals surface area contributed by atoms with Gasteiger partial charge in [0.05, 0.1) is 5.75 Å². The maximum absolute atomic E-state index is 11.3. The summed E-state index contributed by atoms with van der Waals surface area (Å²) < 4.78 is 22.5. The summed E-state index contributed by atoms with van der Waals surface area (Å²) in [5.74, 6) is -0.375. The molecular formula is C7H14N6O3S. The Kier molecular flexibility index (Phi) is 4.40. The zero-order chi connectivity index (χ0) is 12.9. The van der Waals surface area contributed by atoms with E-state index in [4.69, 9.17) is 10.9 Å². The zero-order valence-electron chi connectivity index (χ0n) is 9.04. The van der Waals surface area contributed by atoms with Crippen LogP contribution in [0.2, 0.25) is 0 Å². The molecule has 17 heavy (non-hydrogen) atoms. The fraction of sp³-hybridized carbons (Fsp3) is 0.571. The standard InChI is InChI=1S/C7H14N6O3S/c8-7-11-5-13(12-7)4-6(14)10-2-1-3-17(9,15)16/h5H,1-4H2,(H2,8,12)(H,10,14)(H2,9,15,16). The summed E-state index contributed by atoms with van der Waals surface area (Å²) in [6, 6.07) is 0. The lowest BCUT2D eigenvalue weighted by Crippen LogP contribution is -2.30. The van der Waals surface area contributed by atoms with Crippen LogP contribution in [0.25, 0.3) is 0 Å². The van der Waals surface area contributed by atoms with Crippen LogP contribution < -0.4 is 16.2 Å². The molecule has 9 nitrogen and oxygen atoms in total. The number of carbonyl (C=O) groups excluding carboxylic acids is 1. The molecule has 0 radical (unpaired) electrons. The Hall–Kier alpha value is -1.68. The first-order chi connectivity index (χ1) is 7.87. The second-order valence-corrected chi connectivity index (χ2v) is 5.10. The van der Waals surface area contributed by atoms with Gasteiger partial charge in [-0.15, -0.1) is 5.10 Å². The number of aromatic nitrogens is 3. The maximum Gasteiger partial charge on any atom is 0.241 e. The molecule has 0 bridgehead atoms. The third kappa shape index (κ3) is 5.82. The van der Waals surface area contributed by atoms with E-state index in [1.807, 2.05) is 0 Å². The number of rotatable bonds is 6. The van der Waals surface area contributed by atoms with Crippen molar-refractivity contribution in [3.05, 3.63) is 6.33 Å². The normalized spacial score (nSPS) is 11.4. The zero-order valence-corrected chi connectivity index (χ0v) is 9.85. The minimum absolute atomic E-state index is 0.0143. The van der Waals surface area contributed by atoms with Crippen LogP contribution in [0.3, 0.4) is 0 Å². The Morgan fingerprint density at radius 2 is 2.24 bits per heavy atom. The van der Waals surface area contributed by atoms with Crippen LogP contribution in [0.15, 0.2) is 6.33 Å². The molecule has 0 saturated carbocycles. The number of hydrogen-bond acceptors (Lipinski definition) is 6. The van der Waals surface area contributed by atoms with Gasteiger partial charge in [0, 0.05) is 6.54 Å². The minimum atomic E-state index is -3.47. The summed E-state index contributed by atoms with van der Waals surface area (Å²) in [7, 11) is -3.47. The summed E-state index contributed by atoms with van der Waals surface area (Å²) in [6.45, 7) is 0.221. The summed E-state index contributed by atoms with van der Waals surface area (Å²) in [6.07, 6.45) is 1.60. The molecule has 0 unspecified atom stereocenters. The number of amides is 1. The number of nitrogens with two attached hydrogens (primary N) is 2. The van der Waals surface area contributed by atoms with Crippen LogP contribution in [0.5, 0.6) is 0 Å². The number of primary sulfonamides is 1. The van der Waals surface area contributed by atoms with E-state index in [1.165, 1.54) is 11.0 Å². The van der Waals surface area contributed by atoms with E-state index in [2.05, 4.69) is 15.4 Å². The predicted molar refractivity (Wildman–Crippen MR) is 60.0 cm³/mol. The van der Waals surface area contributed by atoms with E-state index < -0.39 is 10.0 Å². The third-order valence-corrected chi connectivity index (χ3v) is 2.65. The molecule has 0 fully saturated rings. The number of anilines is 1. The average molecular weight is 262 g/mol. The lowest BCUT2D eigenvalue weighted by atomic mass is 10.4. The highest BCUT2D eigenvalue weighted by atomic mass is 32.2. The van der Waals surface area contributed by atoms with Gasteiger partial charge in [0.15, 0.2) is 0 Å². The molecule has 1 heterocycles. The van der Waals surface area contributed by atoms with Crippen molar-refractivity contribution in [1.29, 1.82) is 0 Å². The number of hydrogen-bond donors (Lipinski definition) is 3. The van der Waals surface area contributed by atoms with Gasteiger partial charge in [-0.05, 0) is 6.42 Å². The lowest BCUT2D eigenvalue weighted by molar-refractivity contribution is -0.121. The van der Waals surface area contributed by atoms with Crippen molar-refractivity contribution in [2.24, 2.45) is 5.14 Å². The van der Waals surface area contributed by atoms with Gasteiger partial charge in [-0.25, -0.2) is 23.2 Å². The minimum Gasteiger partial charge on any atom is -0.367 e. The molecule has 0 aliphatic carbocycles. The van der Waals surface area contributed by atoms with Gasteiger partial charge in [-0.1, -0.05) is 0 Å². The Morgan fingerprint density at radius 3 is 2.76 bits per heavy atom. The highest BCUT2D eigenvalue weighted by Gasteiger charge is 2.05. The summed E-state index contributed by atoms with van der Waals surface area (Å²) >= 11 is 0. The lowest BCUT2D eigenvalue weighted by Gasteiger charge is -2.04. The SMILES string of the molecule is Nc1ncn(CC(=O)NCCCS(N)(=O)=O)n1.